The van der Waals surface area contributed by atoms with Gasteiger partial charge in [0.15, 0.2) is 0 Å². The van der Waals surface area contributed by atoms with Crippen LogP contribution < -0.4 is 10.6 Å². The fourth-order valence-corrected chi connectivity index (χ4v) is 3.82. The van der Waals surface area contributed by atoms with Gasteiger partial charge in [-0.05, 0) is 60.4 Å². The Bertz CT molecular complexity index is 1300. The minimum absolute atomic E-state index is 0.155. The number of fused-ring (bicyclic) bond motifs is 1. The summed E-state index contributed by atoms with van der Waals surface area (Å²) in [5.41, 5.74) is 5.78. The number of aryl methyl sites for hydroxylation is 2. The Kier molecular flexibility index (Phi) is 6.03. The van der Waals surface area contributed by atoms with Gasteiger partial charge in [-0.25, -0.2) is 4.39 Å². The fraction of sp³-hybridized carbons (Fsp3) is 0.154. The average Bonchev–Trinajstić information content (AvgIpc) is 3.12. The van der Waals surface area contributed by atoms with E-state index in [1.165, 1.54) is 19.1 Å². The summed E-state index contributed by atoms with van der Waals surface area (Å²) in [6.07, 6.45) is 0.678. The Hall–Kier alpha value is -3.93. The fourth-order valence-electron chi connectivity index (χ4n) is 3.82. The van der Waals surface area contributed by atoms with Gasteiger partial charge in [-0.3, -0.25) is 9.59 Å². The number of aromatic amines is 1. The van der Waals surface area contributed by atoms with E-state index in [1.807, 2.05) is 43.3 Å². The van der Waals surface area contributed by atoms with Gasteiger partial charge in [-0.15, -0.1) is 0 Å². The number of H-pyrrole nitrogens is 1. The number of anilines is 2. The Morgan fingerprint density at radius 3 is 2.50 bits per heavy atom. The van der Waals surface area contributed by atoms with Crippen molar-refractivity contribution in [3.05, 3.63) is 83.7 Å². The molecule has 1 heterocycles. The highest BCUT2D eigenvalue weighted by atomic mass is 19.1. The van der Waals surface area contributed by atoms with Crippen molar-refractivity contribution in [3.8, 4) is 11.3 Å². The molecule has 0 atom stereocenters. The van der Waals surface area contributed by atoms with Crippen LogP contribution in [0.15, 0.2) is 66.7 Å². The standard InChI is InChI=1S/C26H24FN3O2/c1-16-8-10-20(28-17(2)31)15-24(16)29-25(32)13-11-21-22-14-19(27)9-12-23(22)30-26(21)18-6-4-3-5-7-18/h3-10,12,14-15,30H,11,13H2,1-2H3,(H,28,31)(H,29,32). The molecule has 162 valence electrons. The monoisotopic (exact) mass is 429 g/mol. The van der Waals surface area contributed by atoms with Crippen LogP contribution in [0.3, 0.4) is 0 Å². The molecule has 0 aliphatic carbocycles. The zero-order valence-corrected chi connectivity index (χ0v) is 18.0. The van der Waals surface area contributed by atoms with Gasteiger partial charge >= 0.3 is 0 Å². The van der Waals surface area contributed by atoms with Crippen LogP contribution in [-0.4, -0.2) is 16.8 Å². The quantitative estimate of drug-likeness (QED) is 0.362. The van der Waals surface area contributed by atoms with Crippen molar-refractivity contribution < 1.29 is 14.0 Å². The first-order chi connectivity index (χ1) is 15.4. The SMILES string of the molecule is CC(=O)Nc1ccc(C)c(NC(=O)CCc2c(-c3ccccc3)[nH]c3ccc(F)cc23)c1. The number of benzene rings is 3. The van der Waals surface area contributed by atoms with Crippen molar-refractivity contribution in [2.24, 2.45) is 0 Å². The first kappa shape index (κ1) is 21.3. The lowest BCUT2D eigenvalue weighted by atomic mass is 10.0. The third-order valence-corrected chi connectivity index (χ3v) is 5.36. The molecule has 1 aromatic heterocycles. The predicted molar refractivity (Wildman–Crippen MR) is 126 cm³/mol. The third-order valence-electron chi connectivity index (χ3n) is 5.36. The number of nitrogens with one attached hydrogen (secondary N) is 3. The summed E-state index contributed by atoms with van der Waals surface area (Å²) in [5.74, 6) is -0.642. The minimum atomic E-state index is -0.313. The number of carbonyl (C=O) groups is 2. The molecule has 3 aromatic carbocycles. The highest BCUT2D eigenvalue weighted by Gasteiger charge is 2.16. The normalized spacial score (nSPS) is 10.8. The molecule has 4 rings (SSSR count). The van der Waals surface area contributed by atoms with E-state index >= 15 is 0 Å². The van der Waals surface area contributed by atoms with Gasteiger partial charge in [0.2, 0.25) is 11.8 Å². The maximum atomic E-state index is 14.0. The van der Waals surface area contributed by atoms with Crippen molar-refractivity contribution in [1.82, 2.24) is 4.98 Å². The summed E-state index contributed by atoms with van der Waals surface area (Å²) < 4.78 is 14.0. The molecule has 0 fully saturated rings. The van der Waals surface area contributed by atoms with Gasteiger partial charge in [0.05, 0.1) is 0 Å². The van der Waals surface area contributed by atoms with E-state index in [0.717, 1.165) is 33.3 Å². The topological polar surface area (TPSA) is 74.0 Å². The first-order valence-corrected chi connectivity index (χ1v) is 10.4. The summed E-state index contributed by atoms with van der Waals surface area (Å²) in [7, 11) is 0. The van der Waals surface area contributed by atoms with Crippen LogP contribution in [0.4, 0.5) is 15.8 Å². The summed E-state index contributed by atoms with van der Waals surface area (Å²) >= 11 is 0. The highest BCUT2D eigenvalue weighted by Crippen LogP contribution is 2.32. The smallest absolute Gasteiger partial charge is 0.224 e. The molecule has 0 saturated carbocycles. The van der Waals surface area contributed by atoms with Crippen LogP contribution in [0, 0.1) is 12.7 Å². The average molecular weight is 429 g/mol. The van der Waals surface area contributed by atoms with Gasteiger partial charge < -0.3 is 15.6 Å². The van der Waals surface area contributed by atoms with Crippen LogP contribution in [0.25, 0.3) is 22.2 Å². The number of hydrogen-bond donors (Lipinski definition) is 3. The lowest BCUT2D eigenvalue weighted by molar-refractivity contribution is -0.116. The molecule has 0 spiro atoms. The minimum Gasteiger partial charge on any atom is -0.354 e. The van der Waals surface area contributed by atoms with Crippen molar-refractivity contribution in [2.75, 3.05) is 10.6 Å². The molecule has 0 unspecified atom stereocenters. The molecule has 5 nitrogen and oxygen atoms in total. The second-order valence-corrected chi connectivity index (χ2v) is 7.79. The first-order valence-electron chi connectivity index (χ1n) is 10.4. The van der Waals surface area contributed by atoms with Crippen molar-refractivity contribution in [3.63, 3.8) is 0 Å². The molecular weight excluding hydrogens is 405 g/mol. The number of amides is 2. The molecular formula is C26H24FN3O2. The Morgan fingerprint density at radius 1 is 0.969 bits per heavy atom. The molecule has 0 saturated heterocycles. The number of carbonyl (C=O) groups excluding carboxylic acids is 2. The summed E-state index contributed by atoms with van der Waals surface area (Å²) in [6.45, 7) is 3.33. The second kappa shape index (κ2) is 9.06. The van der Waals surface area contributed by atoms with E-state index in [4.69, 9.17) is 0 Å². The molecule has 0 aliphatic rings. The van der Waals surface area contributed by atoms with E-state index in [-0.39, 0.29) is 24.1 Å². The third kappa shape index (κ3) is 4.70. The largest absolute Gasteiger partial charge is 0.354 e. The van der Waals surface area contributed by atoms with Crippen LogP contribution in [0.2, 0.25) is 0 Å². The van der Waals surface area contributed by atoms with Gasteiger partial charge in [0.1, 0.15) is 5.82 Å². The molecule has 3 N–H and O–H groups in total. The van der Waals surface area contributed by atoms with Gasteiger partial charge in [0.25, 0.3) is 0 Å². The molecule has 4 aromatic rings. The van der Waals surface area contributed by atoms with Gasteiger partial charge in [-0.2, -0.15) is 0 Å². The predicted octanol–water partition coefficient (Wildman–Crippen LogP) is 5.81. The zero-order valence-electron chi connectivity index (χ0n) is 18.0. The Labute approximate surface area is 185 Å². The van der Waals surface area contributed by atoms with E-state index in [1.54, 1.807) is 18.2 Å². The van der Waals surface area contributed by atoms with Gasteiger partial charge in [0, 0.05) is 41.3 Å². The number of halogens is 1. The van der Waals surface area contributed by atoms with Crippen molar-refractivity contribution >= 4 is 34.1 Å². The number of rotatable bonds is 6. The molecule has 0 radical (unpaired) electrons. The molecule has 0 bridgehead atoms. The van der Waals surface area contributed by atoms with E-state index in [0.29, 0.717) is 17.8 Å². The van der Waals surface area contributed by atoms with Gasteiger partial charge in [-0.1, -0.05) is 36.4 Å². The maximum Gasteiger partial charge on any atom is 0.224 e. The van der Waals surface area contributed by atoms with Crippen LogP contribution >= 0.6 is 0 Å². The van der Waals surface area contributed by atoms with E-state index in [2.05, 4.69) is 15.6 Å². The number of aromatic nitrogens is 1. The lowest BCUT2D eigenvalue weighted by Gasteiger charge is -2.11. The van der Waals surface area contributed by atoms with Crippen molar-refractivity contribution in [2.45, 2.75) is 26.7 Å². The van der Waals surface area contributed by atoms with E-state index in [9.17, 15) is 14.0 Å². The summed E-state index contributed by atoms with van der Waals surface area (Å²) in [6, 6.07) is 19.8. The number of hydrogen-bond acceptors (Lipinski definition) is 2. The summed E-state index contributed by atoms with van der Waals surface area (Å²) in [4.78, 5) is 27.5. The molecule has 6 heteroatoms. The molecule has 0 aliphatic heterocycles. The second-order valence-electron chi connectivity index (χ2n) is 7.79. The Balaban J connectivity index is 1.57. The highest BCUT2D eigenvalue weighted by molar-refractivity contribution is 5.95. The Morgan fingerprint density at radius 2 is 1.75 bits per heavy atom. The van der Waals surface area contributed by atoms with Crippen LogP contribution in [0.5, 0.6) is 0 Å². The van der Waals surface area contributed by atoms with Crippen molar-refractivity contribution in [1.29, 1.82) is 0 Å². The van der Waals surface area contributed by atoms with E-state index < -0.39 is 0 Å². The zero-order chi connectivity index (χ0) is 22.7. The molecule has 32 heavy (non-hydrogen) atoms. The van der Waals surface area contributed by atoms with Crippen LogP contribution in [-0.2, 0) is 16.0 Å². The molecule has 2 amide bonds. The maximum absolute atomic E-state index is 14.0. The summed E-state index contributed by atoms with van der Waals surface area (Å²) in [5, 5.41) is 6.43. The van der Waals surface area contributed by atoms with Crippen LogP contribution in [0.1, 0.15) is 24.5 Å². The lowest BCUT2D eigenvalue weighted by Crippen LogP contribution is -2.14.